The average Bonchev–Trinajstić information content (AvgIpc) is 2.89. The van der Waals surface area contributed by atoms with Gasteiger partial charge < -0.3 is 16.0 Å². The molecule has 2 aliphatic rings. The lowest BCUT2D eigenvalue weighted by Crippen LogP contribution is -2.40. The molecule has 3 heterocycles. The Morgan fingerprint density at radius 2 is 1.92 bits per heavy atom. The molecule has 2 aromatic rings. The van der Waals surface area contributed by atoms with Crippen molar-refractivity contribution >= 4 is 33.8 Å². The summed E-state index contributed by atoms with van der Waals surface area (Å²) >= 11 is 0. The summed E-state index contributed by atoms with van der Waals surface area (Å²) in [4.78, 5) is 26.4. The lowest BCUT2D eigenvalue weighted by Gasteiger charge is -2.31. The molecule has 0 spiro atoms. The van der Waals surface area contributed by atoms with E-state index in [0.29, 0.717) is 12.4 Å². The maximum absolute atomic E-state index is 13.3. The fourth-order valence-electron chi connectivity index (χ4n) is 5.30. The lowest BCUT2D eigenvalue weighted by molar-refractivity contribution is -0.121. The number of aromatic nitrogens is 1. The van der Waals surface area contributed by atoms with E-state index < -0.39 is 6.17 Å². The van der Waals surface area contributed by atoms with Gasteiger partial charge in [-0.2, -0.15) is 0 Å². The Balaban J connectivity index is 1.45. The zero-order valence-electron chi connectivity index (χ0n) is 21.5. The van der Waals surface area contributed by atoms with Crippen LogP contribution in [0.2, 0.25) is 0 Å². The molecular formula is C28H39FN6O. The van der Waals surface area contributed by atoms with Crippen LogP contribution in [0.15, 0.2) is 41.7 Å². The fourth-order valence-corrected chi connectivity index (χ4v) is 5.30. The van der Waals surface area contributed by atoms with Crippen molar-refractivity contribution in [2.75, 3.05) is 51.6 Å². The van der Waals surface area contributed by atoms with Crippen LogP contribution in [0.4, 0.5) is 10.2 Å². The standard InChI is InChI=1S/C28H39FN6O/c1-20(29)18-35-12-8-21(9-13-35)28(36)33-27-15-24-14-22(6-7-23(24)17-32-27)25(16-30)26(31-2)19-34-10-4-3-5-11-34/h6-7,14-17,20-21H,3-5,8-13,18-19,30H2,1-2H3,(H,32,33,36)/t20-/m0/s1. The second-order valence-corrected chi connectivity index (χ2v) is 10.1. The Kier molecular flexibility index (Phi) is 9.04. The number of amides is 1. The van der Waals surface area contributed by atoms with E-state index in [1.165, 1.54) is 19.3 Å². The highest BCUT2D eigenvalue weighted by Crippen LogP contribution is 2.25. The van der Waals surface area contributed by atoms with Crippen molar-refractivity contribution in [1.82, 2.24) is 14.8 Å². The van der Waals surface area contributed by atoms with Gasteiger partial charge in [0.25, 0.3) is 0 Å². The van der Waals surface area contributed by atoms with Crippen molar-refractivity contribution in [3.05, 3.63) is 42.2 Å². The minimum absolute atomic E-state index is 0.0181. The number of nitrogens with two attached hydrogens (primary N) is 1. The third-order valence-corrected chi connectivity index (χ3v) is 7.32. The summed E-state index contributed by atoms with van der Waals surface area (Å²) in [6.07, 6.45) is 7.80. The third kappa shape index (κ3) is 6.68. The summed E-state index contributed by atoms with van der Waals surface area (Å²) in [6.45, 7) is 6.48. The van der Waals surface area contributed by atoms with Crippen molar-refractivity contribution in [3.63, 3.8) is 0 Å². The summed E-state index contributed by atoms with van der Waals surface area (Å²) in [7, 11) is 1.82. The van der Waals surface area contributed by atoms with E-state index in [0.717, 1.165) is 73.2 Å². The molecule has 0 aliphatic carbocycles. The van der Waals surface area contributed by atoms with Crippen LogP contribution in [0.5, 0.6) is 0 Å². The number of aliphatic imine (C=N–C) groups is 1. The van der Waals surface area contributed by atoms with Gasteiger partial charge in [0.1, 0.15) is 12.0 Å². The monoisotopic (exact) mass is 494 g/mol. The number of nitrogens with one attached hydrogen (secondary N) is 1. The molecule has 0 radical (unpaired) electrons. The van der Waals surface area contributed by atoms with Crippen molar-refractivity contribution < 1.29 is 9.18 Å². The molecule has 1 aromatic carbocycles. The smallest absolute Gasteiger partial charge is 0.228 e. The second-order valence-electron chi connectivity index (χ2n) is 10.1. The highest BCUT2D eigenvalue weighted by Gasteiger charge is 2.26. The number of halogens is 1. The Labute approximate surface area is 213 Å². The van der Waals surface area contributed by atoms with E-state index in [2.05, 4.69) is 37.2 Å². The summed E-state index contributed by atoms with van der Waals surface area (Å²) in [5.41, 5.74) is 9.00. The van der Waals surface area contributed by atoms with Crippen molar-refractivity contribution in [2.24, 2.45) is 16.6 Å². The van der Waals surface area contributed by atoms with Gasteiger partial charge in [-0.25, -0.2) is 9.37 Å². The van der Waals surface area contributed by atoms with E-state index in [-0.39, 0.29) is 11.8 Å². The Morgan fingerprint density at radius 3 is 2.58 bits per heavy atom. The van der Waals surface area contributed by atoms with Gasteiger partial charge in [-0.1, -0.05) is 18.6 Å². The lowest BCUT2D eigenvalue weighted by atomic mass is 9.95. The Hall–Kier alpha value is -2.84. The predicted octanol–water partition coefficient (Wildman–Crippen LogP) is 4.10. The van der Waals surface area contributed by atoms with Crippen LogP contribution in [-0.4, -0.2) is 78.9 Å². The zero-order chi connectivity index (χ0) is 25.5. The Bertz CT molecular complexity index is 1100. The quantitative estimate of drug-likeness (QED) is 0.540. The van der Waals surface area contributed by atoms with Gasteiger partial charge in [0, 0.05) is 49.4 Å². The molecule has 7 nitrogen and oxygen atoms in total. The van der Waals surface area contributed by atoms with Gasteiger partial charge in [-0.3, -0.25) is 14.7 Å². The number of pyridine rings is 1. The highest BCUT2D eigenvalue weighted by atomic mass is 19.1. The van der Waals surface area contributed by atoms with Crippen molar-refractivity contribution in [1.29, 1.82) is 0 Å². The maximum atomic E-state index is 13.3. The number of carbonyl (C=O) groups is 1. The molecule has 0 bridgehead atoms. The van der Waals surface area contributed by atoms with E-state index in [9.17, 15) is 9.18 Å². The number of carbonyl (C=O) groups excluding carboxylic acids is 1. The first-order valence-corrected chi connectivity index (χ1v) is 13.1. The summed E-state index contributed by atoms with van der Waals surface area (Å²) in [5, 5.41) is 4.97. The molecule has 1 aromatic heterocycles. The summed E-state index contributed by atoms with van der Waals surface area (Å²) < 4.78 is 13.3. The van der Waals surface area contributed by atoms with Crippen LogP contribution in [0.3, 0.4) is 0 Å². The van der Waals surface area contributed by atoms with Crippen molar-refractivity contribution in [3.8, 4) is 0 Å². The molecule has 2 aliphatic heterocycles. The number of hydrogen-bond donors (Lipinski definition) is 2. The molecular weight excluding hydrogens is 455 g/mol. The van der Waals surface area contributed by atoms with E-state index in [1.54, 1.807) is 19.3 Å². The number of anilines is 1. The minimum atomic E-state index is -0.846. The molecule has 3 N–H and O–H groups in total. The third-order valence-electron chi connectivity index (χ3n) is 7.32. The van der Waals surface area contributed by atoms with Crippen LogP contribution in [0.1, 0.15) is 44.6 Å². The number of rotatable bonds is 8. The van der Waals surface area contributed by atoms with Gasteiger partial charge in [-0.15, -0.1) is 0 Å². The number of nitrogens with zero attached hydrogens (tertiary/aromatic N) is 4. The molecule has 2 fully saturated rings. The van der Waals surface area contributed by atoms with Crippen LogP contribution in [0.25, 0.3) is 16.3 Å². The molecule has 4 rings (SSSR count). The van der Waals surface area contributed by atoms with Gasteiger partial charge >= 0.3 is 0 Å². The number of benzene rings is 1. The van der Waals surface area contributed by atoms with Crippen LogP contribution < -0.4 is 11.1 Å². The van der Waals surface area contributed by atoms with Crippen LogP contribution in [-0.2, 0) is 4.79 Å². The fraction of sp³-hybridized carbons (Fsp3) is 0.536. The normalized spacial score (nSPS) is 20.0. The predicted molar refractivity (Wildman–Crippen MR) is 146 cm³/mol. The van der Waals surface area contributed by atoms with E-state index >= 15 is 0 Å². The minimum Gasteiger partial charge on any atom is -0.404 e. The van der Waals surface area contributed by atoms with Gasteiger partial charge in [0.2, 0.25) is 5.91 Å². The molecule has 8 heteroatoms. The van der Waals surface area contributed by atoms with Crippen LogP contribution >= 0.6 is 0 Å². The summed E-state index contributed by atoms with van der Waals surface area (Å²) in [5.74, 6) is 0.445. The second kappa shape index (κ2) is 12.4. The molecule has 36 heavy (non-hydrogen) atoms. The molecule has 1 atom stereocenters. The highest BCUT2D eigenvalue weighted by molar-refractivity contribution is 6.25. The summed E-state index contributed by atoms with van der Waals surface area (Å²) in [6, 6.07) is 8.08. The molecule has 194 valence electrons. The molecule has 2 saturated heterocycles. The topological polar surface area (TPSA) is 86.8 Å². The Morgan fingerprint density at radius 1 is 1.17 bits per heavy atom. The van der Waals surface area contributed by atoms with Gasteiger partial charge in [-0.05, 0) is 81.9 Å². The maximum Gasteiger partial charge on any atom is 0.228 e. The first-order chi connectivity index (χ1) is 17.5. The molecule has 0 unspecified atom stereocenters. The zero-order valence-corrected chi connectivity index (χ0v) is 21.5. The number of hydrogen-bond acceptors (Lipinski definition) is 6. The van der Waals surface area contributed by atoms with Gasteiger partial charge in [0.05, 0.1) is 5.71 Å². The molecule has 1 amide bonds. The van der Waals surface area contributed by atoms with Gasteiger partial charge in [0.15, 0.2) is 0 Å². The number of likely N-dealkylation sites (tertiary alicyclic amines) is 2. The number of alkyl halides is 1. The van der Waals surface area contributed by atoms with Crippen LogP contribution in [0, 0.1) is 5.92 Å². The van der Waals surface area contributed by atoms with E-state index in [4.69, 9.17) is 5.73 Å². The van der Waals surface area contributed by atoms with Crippen molar-refractivity contribution in [2.45, 2.75) is 45.2 Å². The first-order valence-electron chi connectivity index (χ1n) is 13.1. The number of piperidine rings is 2. The first kappa shape index (κ1) is 26.2. The average molecular weight is 495 g/mol. The van der Waals surface area contributed by atoms with E-state index in [1.807, 2.05) is 19.2 Å². The largest absolute Gasteiger partial charge is 0.404 e. The SMILES string of the molecule is CN=C(CN1CCCCC1)C(=CN)c1ccc2cnc(NC(=O)C3CCN(C[C@H](C)F)CC3)cc2c1. The number of fused-ring (bicyclic) bond motifs is 1. The molecule has 0 saturated carbocycles.